The first-order valence-electron chi connectivity index (χ1n) is 4.54. The average Bonchev–Trinajstić information content (AvgIpc) is 2.17. The van der Waals surface area contributed by atoms with Crippen LogP contribution in [-0.2, 0) is 14.3 Å². The van der Waals surface area contributed by atoms with E-state index in [1.165, 1.54) is 0 Å². The molecular weight excluding hydrogens is 196 g/mol. The molecule has 0 aromatic heterocycles. The van der Waals surface area contributed by atoms with E-state index in [1.807, 2.05) is 0 Å². The first kappa shape index (κ1) is 13.2. The zero-order valence-corrected chi connectivity index (χ0v) is 8.71. The van der Waals surface area contributed by atoms with Gasteiger partial charge in [0.2, 0.25) is 5.91 Å². The quantitative estimate of drug-likeness (QED) is 0.394. The normalized spacial score (nSPS) is 8.80. The molecule has 0 rings (SSSR count). The van der Waals surface area contributed by atoms with Crippen molar-refractivity contribution in [2.24, 2.45) is 0 Å². The molecule has 1 amide bonds. The van der Waals surface area contributed by atoms with Crippen LogP contribution in [0.4, 0.5) is 0 Å². The molecule has 15 heavy (non-hydrogen) atoms. The number of hydrogen-bond acceptors (Lipinski definition) is 4. The third-order valence-corrected chi connectivity index (χ3v) is 1.46. The molecule has 1 N–H and O–H groups in total. The van der Waals surface area contributed by atoms with Crippen molar-refractivity contribution in [2.75, 3.05) is 13.2 Å². The van der Waals surface area contributed by atoms with Gasteiger partial charge >= 0.3 is 5.97 Å². The van der Waals surface area contributed by atoms with Crippen molar-refractivity contribution in [3.63, 3.8) is 0 Å². The van der Waals surface area contributed by atoms with Gasteiger partial charge in [0.1, 0.15) is 6.42 Å². The number of amides is 1. The van der Waals surface area contributed by atoms with Crippen molar-refractivity contribution in [1.82, 2.24) is 5.32 Å². The highest BCUT2D eigenvalue weighted by Crippen LogP contribution is 1.92. The Morgan fingerprint density at radius 2 is 2.20 bits per heavy atom. The topological polar surface area (TPSA) is 79.2 Å². The number of esters is 1. The molecule has 0 bridgehead atoms. The maximum absolute atomic E-state index is 10.9. The fourth-order valence-electron chi connectivity index (χ4n) is 0.722. The Kier molecular flexibility index (Phi) is 6.64. The maximum atomic E-state index is 10.9. The highest BCUT2D eigenvalue weighted by Gasteiger charge is 2.02. The number of hydrogen-bond donors (Lipinski definition) is 1. The predicted octanol–water partition coefficient (Wildman–Crippen LogP) is 0.526. The molecule has 0 aromatic rings. The smallest absolute Gasteiger partial charge is 0.333 e. The molecule has 0 fully saturated rings. The van der Waals surface area contributed by atoms with Crippen molar-refractivity contribution >= 4 is 11.9 Å². The van der Waals surface area contributed by atoms with Crippen molar-refractivity contribution < 1.29 is 14.3 Å². The van der Waals surface area contributed by atoms with Crippen LogP contribution in [0.3, 0.4) is 0 Å². The van der Waals surface area contributed by atoms with Crippen LogP contribution >= 0.6 is 0 Å². The lowest BCUT2D eigenvalue weighted by Crippen LogP contribution is -2.24. The molecule has 0 saturated carbocycles. The van der Waals surface area contributed by atoms with Gasteiger partial charge in [-0.15, -0.1) is 0 Å². The molecule has 0 atom stereocenters. The fraction of sp³-hybridized carbons (Fsp3) is 0.500. The molecule has 5 nitrogen and oxygen atoms in total. The summed E-state index contributed by atoms with van der Waals surface area (Å²) in [5.74, 6) is -0.748. The maximum Gasteiger partial charge on any atom is 0.333 e. The summed E-state index contributed by atoms with van der Waals surface area (Å²) in [5.41, 5.74) is 0.350. The van der Waals surface area contributed by atoms with Gasteiger partial charge in [-0.2, -0.15) is 5.26 Å². The summed E-state index contributed by atoms with van der Waals surface area (Å²) < 4.78 is 4.79. The van der Waals surface area contributed by atoms with Gasteiger partial charge in [-0.3, -0.25) is 4.79 Å². The summed E-state index contributed by atoms with van der Waals surface area (Å²) in [5, 5.41) is 10.7. The van der Waals surface area contributed by atoms with E-state index in [0.29, 0.717) is 18.5 Å². The van der Waals surface area contributed by atoms with Crippen LogP contribution in [-0.4, -0.2) is 25.0 Å². The predicted molar refractivity (Wildman–Crippen MR) is 53.6 cm³/mol. The number of ether oxygens (including phenoxy) is 1. The van der Waals surface area contributed by atoms with E-state index in [1.54, 1.807) is 13.0 Å². The van der Waals surface area contributed by atoms with Gasteiger partial charge < -0.3 is 10.1 Å². The minimum absolute atomic E-state index is 0.147. The number of nitriles is 1. The SMILES string of the molecule is C=C(C)C(=O)OCCCNC(=O)CC#N. The Labute approximate surface area is 88.7 Å². The number of carbonyl (C=O) groups is 2. The van der Waals surface area contributed by atoms with Crippen molar-refractivity contribution in [3.8, 4) is 6.07 Å². The number of rotatable bonds is 6. The molecule has 0 spiro atoms. The minimum Gasteiger partial charge on any atom is -0.462 e. The molecule has 0 aromatic carbocycles. The molecule has 82 valence electrons. The summed E-state index contributed by atoms with van der Waals surface area (Å²) in [6.07, 6.45) is 0.377. The molecule has 0 saturated heterocycles. The Balaban J connectivity index is 3.41. The molecule has 0 aliphatic rings. The number of nitrogens with one attached hydrogen (secondary N) is 1. The Morgan fingerprint density at radius 3 is 2.73 bits per heavy atom. The third-order valence-electron chi connectivity index (χ3n) is 1.46. The van der Waals surface area contributed by atoms with Crippen LogP contribution < -0.4 is 5.32 Å². The van der Waals surface area contributed by atoms with Gasteiger partial charge in [-0.05, 0) is 13.3 Å². The van der Waals surface area contributed by atoms with E-state index >= 15 is 0 Å². The highest BCUT2D eigenvalue weighted by atomic mass is 16.5. The van der Waals surface area contributed by atoms with Gasteiger partial charge in [0.05, 0.1) is 12.7 Å². The Hall–Kier alpha value is -1.83. The Bertz CT molecular complexity index is 292. The second-order valence-corrected chi connectivity index (χ2v) is 2.95. The summed E-state index contributed by atoms with van der Waals surface area (Å²) >= 11 is 0. The van der Waals surface area contributed by atoms with E-state index in [0.717, 1.165) is 0 Å². The van der Waals surface area contributed by atoms with Gasteiger partial charge in [-0.1, -0.05) is 6.58 Å². The van der Waals surface area contributed by atoms with E-state index in [-0.39, 0.29) is 18.9 Å². The van der Waals surface area contributed by atoms with Crippen molar-refractivity contribution in [3.05, 3.63) is 12.2 Å². The molecular formula is C10H14N2O3. The van der Waals surface area contributed by atoms with Gasteiger partial charge in [-0.25, -0.2) is 4.79 Å². The van der Waals surface area contributed by atoms with Crippen LogP contribution in [0.25, 0.3) is 0 Å². The van der Waals surface area contributed by atoms with E-state index in [4.69, 9.17) is 10.00 Å². The van der Waals surface area contributed by atoms with E-state index in [9.17, 15) is 9.59 Å². The second kappa shape index (κ2) is 7.56. The van der Waals surface area contributed by atoms with Crippen molar-refractivity contribution in [1.29, 1.82) is 5.26 Å². The molecule has 0 unspecified atom stereocenters. The fourth-order valence-corrected chi connectivity index (χ4v) is 0.722. The van der Waals surface area contributed by atoms with Crippen LogP contribution in [0.5, 0.6) is 0 Å². The van der Waals surface area contributed by atoms with Crippen LogP contribution in [0.15, 0.2) is 12.2 Å². The molecule has 0 aliphatic heterocycles. The monoisotopic (exact) mass is 210 g/mol. The lowest BCUT2D eigenvalue weighted by molar-refractivity contribution is -0.138. The van der Waals surface area contributed by atoms with Gasteiger partial charge in [0, 0.05) is 12.1 Å². The van der Waals surface area contributed by atoms with E-state index < -0.39 is 5.97 Å². The molecule has 0 radical (unpaired) electrons. The van der Waals surface area contributed by atoms with E-state index in [2.05, 4.69) is 11.9 Å². The summed E-state index contributed by atoms with van der Waals surface area (Å²) in [6.45, 7) is 5.62. The second-order valence-electron chi connectivity index (χ2n) is 2.95. The Morgan fingerprint density at radius 1 is 1.53 bits per heavy atom. The summed E-state index contributed by atoms with van der Waals surface area (Å²) in [7, 11) is 0. The largest absolute Gasteiger partial charge is 0.462 e. The van der Waals surface area contributed by atoms with Crippen LogP contribution in [0.2, 0.25) is 0 Å². The number of carbonyl (C=O) groups excluding carboxylic acids is 2. The number of nitrogens with zero attached hydrogens (tertiary/aromatic N) is 1. The molecule has 0 heterocycles. The lowest BCUT2D eigenvalue weighted by atomic mass is 10.3. The van der Waals surface area contributed by atoms with Gasteiger partial charge in [0.25, 0.3) is 0 Å². The summed E-state index contributed by atoms with van der Waals surface area (Å²) in [4.78, 5) is 21.7. The lowest BCUT2D eigenvalue weighted by Gasteiger charge is -2.04. The third kappa shape index (κ3) is 7.26. The zero-order chi connectivity index (χ0) is 11.7. The first-order chi connectivity index (χ1) is 7.07. The molecule has 0 aliphatic carbocycles. The standard InChI is InChI=1S/C10H14N2O3/c1-8(2)10(14)15-7-3-6-12-9(13)4-5-11/h1,3-4,6-7H2,2H3,(H,12,13). The minimum atomic E-state index is -0.432. The molecule has 5 heteroatoms. The summed E-state index contributed by atoms with van der Waals surface area (Å²) in [6, 6.07) is 1.73. The highest BCUT2D eigenvalue weighted by molar-refractivity contribution is 5.86. The van der Waals surface area contributed by atoms with Crippen molar-refractivity contribution in [2.45, 2.75) is 19.8 Å². The first-order valence-corrected chi connectivity index (χ1v) is 4.54. The van der Waals surface area contributed by atoms with Gasteiger partial charge in [0.15, 0.2) is 0 Å². The zero-order valence-electron chi connectivity index (χ0n) is 8.71. The van der Waals surface area contributed by atoms with Crippen LogP contribution in [0.1, 0.15) is 19.8 Å². The average molecular weight is 210 g/mol. The van der Waals surface area contributed by atoms with Crippen LogP contribution in [0, 0.1) is 11.3 Å².